The Balaban J connectivity index is 1.35. The molecule has 0 atom stereocenters. The van der Waals surface area contributed by atoms with E-state index in [1.54, 1.807) is 11.3 Å². The Morgan fingerprint density at radius 3 is 2.59 bits per heavy atom. The summed E-state index contributed by atoms with van der Waals surface area (Å²) >= 11 is 1.55. The number of nitrogens with zero attached hydrogens (tertiary/aromatic N) is 2. The monoisotopic (exact) mass is 638 g/mol. The van der Waals surface area contributed by atoms with Crippen LogP contribution in [0.1, 0.15) is 78.5 Å². The van der Waals surface area contributed by atoms with Crippen LogP contribution in [0.15, 0.2) is 47.8 Å². The van der Waals surface area contributed by atoms with E-state index in [1.807, 2.05) is 68.6 Å². The normalized spacial score (nSPS) is 13.3. The molecule has 2 N–H and O–H groups in total. The molecule has 0 spiro atoms. The highest BCUT2D eigenvalue weighted by molar-refractivity contribution is 7.13. The fourth-order valence-corrected chi connectivity index (χ4v) is 6.80. The summed E-state index contributed by atoms with van der Waals surface area (Å²) in [7, 11) is 0. The number of amides is 1. The molecule has 3 heterocycles. The number of hydrogen-bond donors (Lipinski definition) is 2. The van der Waals surface area contributed by atoms with E-state index < -0.39 is 0 Å². The zero-order valence-corrected chi connectivity index (χ0v) is 28.1. The standard InChI is InChI=1S/C37H42N4O4S/c1-6-41(7-2)18-10-13-33(42)35-23(4)31(38-24(35)5)21-29-28-20-26(15-16-30(28)39-36(29)44)32-22-46-37(40-32)27-12-9-11-25(19-27)14-17-34(43)45-8-3/h9,11-12,15-16,19-22,38H,6-8,10,13-14,17-18H2,1-5H3,(H,39,44)/b29-21-. The molecule has 5 rings (SSSR count). The summed E-state index contributed by atoms with van der Waals surface area (Å²) in [5.41, 5.74) is 9.06. The van der Waals surface area contributed by atoms with Gasteiger partial charge in [0.15, 0.2) is 5.78 Å². The largest absolute Gasteiger partial charge is 0.466 e. The van der Waals surface area contributed by atoms with Crippen molar-refractivity contribution in [3.8, 4) is 21.8 Å². The van der Waals surface area contributed by atoms with Crippen LogP contribution >= 0.6 is 11.3 Å². The number of carbonyl (C=O) groups is 3. The van der Waals surface area contributed by atoms with Gasteiger partial charge >= 0.3 is 5.97 Å². The van der Waals surface area contributed by atoms with Crippen LogP contribution in [0.5, 0.6) is 0 Å². The first-order chi connectivity index (χ1) is 22.2. The van der Waals surface area contributed by atoms with Gasteiger partial charge in [-0.25, -0.2) is 4.98 Å². The van der Waals surface area contributed by atoms with Gasteiger partial charge < -0.3 is 19.9 Å². The Kier molecular flexibility index (Phi) is 10.7. The molecule has 8 nitrogen and oxygen atoms in total. The van der Waals surface area contributed by atoms with Crippen LogP contribution in [0.25, 0.3) is 33.5 Å². The van der Waals surface area contributed by atoms with Gasteiger partial charge in [0, 0.05) is 57.6 Å². The van der Waals surface area contributed by atoms with Gasteiger partial charge in [-0.3, -0.25) is 14.4 Å². The summed E-state index contributed by atoms with van der Waals surface area (Å²) in [6.45, 7) is 13.2. The number of aromatic amines is 1. The van der Waals surface area contributed by atoms with Crippen LogP contribution in [0, 0.1) is 13.8 Å². The molecule has 4 aromatic rings. The molecule has 0 aliphatic carbocycles. The number of fused-ring (bicyclic) bond motifs is 1. The molecular weight excluding hydrogens is 596 g/mol. The minimum Gasteiger partial charge on any atom is -0.466 e. The van der Waals surface area contributed by atoms with Crippen molar-refractivity contribution in [3.05, 3.63) is 81.5 Å². The van der Waals surface area contributed by atoms with Gasteiger partial charge in [-0.15, -0.1) is 11.3 Å². The number of ketones is 1. The summed E-state index contributed by atoms with van der Waals surface area (Å²) in [6, 6.07) is 14.0. The highest BCUT2D eigenvalue weighted by atomic mass is 32.1. The number of carbonyl (C=O) groups excluding carboxylic acids is 3. The van der Waals surface area contributed by atoms with E-state index in [1.165, 1.54) is 0 Å². The fraction of sp³-hybridized carbons (Fsp3) is 0.351. The number of aromatic nitrogens is 2. The van der Waals surface area contributed by atoms with Gasteiger partial charge in [-0.05, 0) is 88.6 Å². The van der Waals surface area contributed by atoms with Crippen molar-refractivity contribution in [1.82, 2.24) is 14.9 Å². The van der Waals surface area contributed by atoms with Gasteiger partial charge in [0.1, 0.15) is 5.01 Å². The zero-order chi connectivity index (χ0) is 32.8. The number of Topliss-reactive ketones (excluding diaryl/α,β-unsaturated/α-hetero) is 1. The highest BCUT2D eigenvalue weighted by Gasteiger charge is 2.26. The lowest BCUT2D eigenvalue weighted by molar-refractivity contribution is -0.143. The van der Waals surface area contributed by atoms with E-state index >= 15 is 0 Å². The van der Waals surface area contributed by atoms with Crippen LogP contribution < -0.4 is 5.32 Å². The van der Waals surface area contributed by atoms with Crippen molar-refractivity contribution >= 4 is 46.3 Å². The van der Waals surface area contributed by atoms with E-state index in [-0.39, 0.29) is 17.7 Å². The van der Waals surface area contributed by atoms with Gasteiger partial charge in [0.05, 0.1) is 17.9 Å². The predicted molar refractivity (Wildman–Crippen MR) is 186 cm³/mol. The molecular formula is C37H42N4O4S. The summed E-state index contributed by atoms with van der Waals surface area (Å²) in [5, 5.41) is 5.88. The fourth-order valence-electron chi connectivity index (χ4n) is 5.98. The van der Waals surface area contributed by atoms with E-state index in [0.717, 1.165) is 87.2 Å². The number of benzene rings is 2. The minimum absolute atomic E-state index is 0.130. The third kappa shape index (κ3) is 7.37. The number of aryl methyl sites for hydroxylation is 2. The molecule has 1 amide bonds. The Bertz CT molecular complexity index is 1780. The Morgan fingerprint density at radius 1 is 1.02 bits per heavy atom. The lowest BCUT2D eigenvalue weighted by Gasteiger charge is -2.17. The lowest BCUT2D eigenvalue weighted by Crippen LogP contribution is -2.24. The van der Waals surface area contributed by atoms with Crippen molar-refractivity contribution < 1.29 is 19.1 Å². The summed E-state index contributed by atoms with van der Waals surface area (Å²) in [6.07, 6.45) is 4.12. The van der Waals surface area contributed by atoms with Crippen LogP contribution in [0.4, 0.5) is 5.69 Å². The molecule has 2 aromatic heterocycles. The SMILES string of the molecule is CCOC(=O)CCc1cccc(-c2nc(-c3ccc4c(c3)/C(=C/c3[nH]c(C)c(C(=O)CCCN(CC)CC)c3C)C(=O)N4)cs2)c1. The third-order valence-corrected chi connectivity index (χ3v) is 9.41. The molecule has 240 valence electrons. The van der Waals surface area contributed by atoms with Gasteiger partial charge in [0.2, 0.25) is 0 Å². The van der Waals surface area contributed by atoms with Crippen molar-refractivity contribution in [2.45, 2.75) is 60.3 Å². The van der Waals surface area contributed by atoms with Crippen molar-refractivity contribution in [2.24, 2.45) is 0 Å². The second-order valence-electron chi connectivity index (χ2n) is 11.5. The number of anilines is 1. The van der Waals surface area contributed by atoms with Crippen LogP contribution in [0.2, 0.25) is 0 Å². The number of esters is 1. The highest BCUT2D eigenvalue weighted by Crippen LogP contribution is 2.38. The number of hydrogen-bond acceptors (Lipinski definition) is 7. The van der Waals surface area contributed by atoms with E-state index in [2.05, 4.69) is 35.1 Å². The van der Waals surface area contributed by atoms with Gasteiger partial charge in [-0.1, -0.05) is 38.1 Å². The number of H-pyrrole nitrogens is 1. The van der Waals surface area contributed by atoms with Crippen molar-refractivity contribution in [2.75, 3.05) is 31.6 Å². The van der Waals surface area contributed by atoms with Crippen LogP contribution in [-0.2, 0) is 20.7 Å². The minimum atomic E-state index is -0.195. The van der Waals surface area contributed by atoms with E-state index in [4.69, 9.17) is 9.72 Å². The zero-order valence-electron chi connectivity index (χ0n) is 27.3. The number of thiazole rings is 1. The molecule has 9 heteroatoms. The third-order valence-electron chi connectivity index (χ3n) is 8.52. The second kappa shape index (κ2) is 14.8. The van der Waals surface area contributed by atoms with Crippen molar-refractivity contribution in [1.29, 1.82) is 0 Å². The predicted octanol–water partition coefficient (Wildman–Crippen LogP) is 7.72. The first-order valence-electron chi connectivity index (χ1n) is 16.0. The molecule has 0 unspecified atom stereocenters. The maximum Gasteiger partial charge on any atom is 0.306 e. The lowest BCUT2D eigenvalue weighted by atomic mass is 9.99. The Hall–Kier alpha value is -4.34. The van der Waals surface area contributed by atoms with Crippen molar-refractivity contribution in [3.63, 3.8) is 0 Å². The van der Waals surface area contributed by atoms with E-state index in [0.29, 0.717) is 31.4 Å². The van der Waals surface area contributed by atoms with Gasteiger partial charge in [-0.2, -0.15) is 0 Å². The van der Waals surface area contributed by atoms with Crippen LogP contribution in [-0.4, -0.2) is 58.8 Å². The molecule has 46 heavy (non-hydrogen) atoms. The summed E-state index contributed by atoms with van der Waals surface area (Å²) in [4.78, 5) is 48.7. The van der Waals surface area contributed by atoms with Gasteiger partial charge in [0.25, 0.3) is 5.91 Å². The Morgan fingerprint density at radius 2 is 1.83 bits per heavy atom. The maximum absolute atomic E-state index is 13.2. The van der Waals surface area contributed by atoms with E-state index in [9.17, 15) is 14.4 Å². The topological polar surface area (TPSA) is 104 Å². The molecule has 2 aromatic carbocycles. The molecule has 0 bridgehead atoms. The molecule has 0 saturated carbocycles. The number of ether oxygens (including phenoxy) is 1. The smallest absolute Gasteiger partial charge is 0.306 e. The second-order valence-corrected chi connectivity index (χ2v) is 12.4. The Labute approximate surface area is 274 Å². The quantitative estimate of drug-likeness (QED) is 0.0833. The average Bonchev–Trinajstić information content (AvgIpc) is 3.74. The molecule has 0 saturated heterocycles. The summed E-state index contributed by atoms with van der Waals surface area (Å²) < 4.78 is 5.06. The number of rotatable bonds is 14. The summed E-state index contributed by atoms with van der Waals surface area (Å²) in [5.74, 6) is -0.241. The first kappa shape index (κ1) is 33.0. The average molecular weight is 639 g/mol. The molecule has 1 aliphatic rings. The van der Waals surface area contributed by atoms with Crippen LogP contribution in [0.3, 0.4) is 0 Å². The first-order valence-corrected chi connectivity index (χ1v) is 16.9. The maximum atomic E-state index is 13.2. The number of nitrogens with one attached hydrogen (secondary N) is 2. The molecule has 1 aliphatic heterocycles. The molecule has 0 fully saturated rings. The molecule has 0 radical (unpaired) electrons.